The van der Waals surface area contributed by atoms with Gasteiger partial charge in [0.25, 0.3) is 0 Å². The van der Waals surface area contributed by atoms with Crippen LogP contribution in [0.25, 0.3) is 0 Å². The van der Waals surface area contributed by atoms with Gasteiger partial charge in [-0.25, -0.2) is 4.39 Å². The van der Waals surface area contributed by atoms with E-state index in [9.17, 15) is 4.39 Å². The van der Waals surface area contributed by atoms with Crippen molar-refractivity contribution in [1.29, 1.82) is 0 Å². The number of hydrogen-bond acceptors (Lipinski definition) is 3. The number of nitrogens with zero attached hydrogens (tertiary/aromatic N) is 1. The molecule has 0 unspecified atom stereocenters. The first-order valence-electron chi connectivity index (χ1n) is 6.82. The van der Waals surface area contributed by atoms with Gasteiger partial charge >= 0.3 is 0 Å². The van der Waals surface area contributed by atoms with Crippen molar-refractivity contribution in [3.8, 4) is 11.5 Å². The molecule has 0 radical (unpaired) electrons. The predicted octanol–water partition coefficient (Wildman–Crippen LogP) is 3.57. The van der Waals surface area contributed by atoms with Crippen LogP contribution in [0.4, 0.5) is 4.39 Å². The predicted molar refractivity (Wildman–Crippen MR) is 75.3 cm³/mol. The Morgan fingerprint density at radius 2 is 2.15 bits per heavy atom. The molecule has 0 amide bonds. The molecule has 1 aromatic carbocycles. The summed E-state index contributed by atoms with van der Waals surface area (Å²) >= 11 is 0. The molecule has 104 valence electrons. The summed E-state index contributed by atoms with van der Waals surface area (Å²) in [4.78, 5) is 4.11. The molecule has 1 aliphatic rings. The van der Waals surface area contributed by atoms with Crippen molar-refractivity contribution < 1.29 is 9.13 Å². The molecule has 3 nitrogen and oxygen atoms in total. The highest BCUT2D eigenvalue weighted by atomic mass is 19.1. The summed E-state index contributed by atoms with van der Waals surface area (Å²) in [6.07, 6.45) is 5.87. The maximum Gasteiger partial charge on any atom is 0.165 e. The smallest absolute Gasteiger partial charge is 0.165 e. The maximum absolute atomic E-state index is 13.8. The monoisotopic (exact) mass is 272 g/mol. The minimum absolute atomic E-state index is 0.254. The van der Waals surface area contributed by atoms with Gasteiger partial charge in [-0.15, -0.1) is 0 Å². The summed E-state index contributed by atoms with van der Waals surface area (Å²) in [6.45, 7) is 2.61. The third kappa shape index (κ3) is 3.14. The van der Waals surface area contributed by atoms with Gasteiger partial charge in [0.15, 0.2) is 11.6 Å². The molecule has 1 saturated carbocycles. The van der Waals surface area contributed by atoms with Crippen LogP contribution in [0.3, 0.4) is 0 Å². The average Bonchev–Trinajstić information content (AvgIpc) is 3.26. The Bertz CT molecular complexity index is 611. The fraction of sp³-hybridized carbons (Fsp3) is 0.312. The van der Waals surface area contributed by atoms with Gasteiger partial charge in [-0.3, -0.25) is 4.98 Å². The van der Waals surface area contributed by atoms with Crippen LogP contribution < -0.4 is 10.1 Å². The average molecular weight is 272 g/mol. The number of nitrogens with one attached hydrogen (secondary N) is 1. The zero-order chi connectivity index (χ0) is 13.9. The molecular weight excluding hydrogens is 255 g/mol. The molecule has 20 heavy (non-hydrogen) atoms. The number of aromatic nitrogens is 1. The van der Waals surface area contributed by atoms with E-state index >= 15 is 0 Å². The van der Waals surface area contributed by atoms with Crippen molar-refractivity contribution in [2.75, 3.05) is 0 Å². The highest BCUT2D eigenvalue weighted by molar-refractivity contribution is 5.38. The Morgan fingerprint density at radius 3 is 2.95 bits per heavy atom. The number of halogens is 1. The SMILES string of the molecule is Cc1ccc(F)c(Oc2ccncc2CNC2CC2)c1. The van der Waals surface area contributed by atoms with Crippen molar-refractivity contribution in [2.45, 2.75) is 32.4 Å². The summed E-state index contributed by atoms with van der Waals surface area (Å²) in [5, 5.41) is 3.41. The second-order valence-corrected chi connectivity index (χ2v) is 5.17. The van der Waals surface area contributed by atoms with Crippen LogP contribution in [0.1, 0.15) is 24.0 Å². The number of pyridine rings is 1. The van der Waals surface area contributed by atoms with Crippen LogP contribution >= 0.6 is 0 Å². The largest absolute Gasteiger partial charge is 0.454 e. The highest BCUT2D eigenvalue weighted by Crippen LogP contribution is 2.28. The fourth-order valence-electron chi connectivity index (χ4n) is 2.00. The summed E-state index contributed by atoms with van der Waals surface area (Å²) in [5.41, 5.74) is 1.91. The molecule has 0 bridgehead atoms. The van der Waals surface area contributed by atoms with E-state index in [2.05, 4.69) is 10.3 Å². The van der Waals surface area contributed by atoms with Crippen LogP contribution in [0.15, 0.2) is 36.7 Å². The standard InChI is InChI=1S/C16H17FN2O/c1-11-2-5-14(17)16(8-11)20-15-6-7-18-9-12(15)10-19-13-3-4-13/h2,5-9,13,19H,3-4,10H2,1H3. The number of aryl methyl sites for hydroxylation is 1. The first kappa shape index (κ1) is 13.1. The summed E-state index contributed by atoms with van der Waals surface area (Å²) in [7, 11) is 0. The maximum atomic E-state index is 13.8. The quantitative estimate of drug-likeness (QED) is 0.903. The van der Waals surface area contributed by atoms with Gasteiger partial charge in [0.05, 0.1) is 0 Å². The topological polar surface area (TPSA) is 34.1 Å². The van der Waals surface area contributed by atoms with Crippen molar-refractivity contribution >= 4 is 0 Å². The number of rotatable bonds is 5. The second-order valence-electron chi connectivity index (χ2n) is 5.17. The molecule has 1 aromatic heterocycles. The zero-order valence-corrected chi connectivity index (χ0v) is 11.4. The van der Waals surface area contributed by atoms with Crippen molar-refractivity contribution in [1.82, 2.24) is 10.3 Å². The molecule has 0 atom stereocenters. The van der Waals surface area contributed by atoms with Gasteiger partial charge in [-0.1, -0.05) is 6.07 Å². The number of benzene rings is 1. The second kappa shape index (κ2) is 5.59. The van der Waals surface area contributed by atoms with E-state index in [-0.39, 0.29) is 11.6 Å². The normalized spacial score (nSPS) is 14.3. The van der Waals surface area contributed by atoms with Crippen LogP contribution in [0, 0.1) is 12.7 Å². The molecule has 0 spiro atoms. The molecule has 0 saturated heterocycles. The van der Waals surface area contributed by atoms with Gasteiger partial charge < -0.3 is 10.1 Å². The van der Waals surface area contributed by atoms with Crippen LogP contribution in [0.5, 0.6) is 11.5 Å². The molecule has 1 heterocycles. The Hall–Kier alpha value is -1.94. The first-order valence-corrected chi connectivity index (χ1v) is 6.82. The van der Waals surface area contributed by atoms with Crippen molar-refractivity contribution in [2.24, 2.45) is 0 Å². The van der Waals surface area contributed by atoms with E-state index in [1.54, 1.807) is 30.6 Å². The third-order valence-corrected chi connectivity index (χ3v) is 3.32. The van der Waals surface area contributed by atoms with Crippen LogP contribution in [0.2, 0.25) is 0 Å². The lowest BCUT2D eigenvalue weighted by Gasteiger charge is -2.12. The lowest BCUT2D eigenvalue weighted by atomic mass is 10.2. The van der Waals surface area contributed by atoms with Crippen molar-refractivity contribution in [3.63, 3.8) is 0 Å². The van der Waals surface area contributed by atoms with E-state index in [1.165, 1.54) is 18.9 Å². The van der Waals surface area contributed by atoms with E-state index in [0.29, 0.717) is 18.3 Å². The van der Waals surface area contributed by atoms with Gasteiger partial charge in [0.2, 0.25) is 0 Å². The highest BCUT2D eigenvalue weighted by Gasteiger charge is 2.20. The lowest BCUT2D eigenvalue weighted by molar-refractivity contribution is 0.434. The summed E-state index contributed by atoms with van der Waals surface area (Å²) in [5.74, 6) is 0.551. The number of ether oxygens (including phenoxy) is 1. The molecule has 4 heteroatoms. The minimum Gasteiger partial charge on any atom is -0.454 e. The molecule has 1 fully saturated rings. The molecule has 1 N–H and O–H groups in total. The minimum atomic E-state index is -0.353. The van der Waals surface area contributed by atoms with E-state index in [0.717, 1.165) is 11.1 Å². The van der Waals surface area contributed by atoms with Crippen LogP contribution in [-0.2, 0) is 6.54 Å². The zero-order valence-electron chi connectivity index (χ0n) is 11.4. The van der Waals surface area contributed by atoms with E-state index in [4.69, 9.17) is 4.74 Å². The molecule has 1 aliphatic carbocycles. The van der Waals surface area contributed by atoms with E-state index < -0.39 is 0 Å². The Balaban J connectivity index is 1.80. The molecule has 2 aromatic rings. The molecule has 0 aliphatic heterocycles. The van der Waals surface area contributed by atoms with Gasteiger partial charge in [-0.2, -0.15) is 0 Å². The molecular formula is C16H17FN2O. The third-order valence-electron chi connectivity index (χ3n) is 3.32. The van der Waals surface area contributed by atoms with Gasteiger partial charge in [0, 0.05) is 30.5 Å². The Kier molecular flexibility index (Phi) is 3.65. The lowest BCUT2D eigenvalue weighted by Crippen LogP contribution is -2.16. The van der Waals surface area contributed by atoms with Gasteiger partial charge in [-0.05, 0) is 43.5 Å². The Labute approximate surface area is 117 Å². The van der Waals surface area contributed by atoms with Crippen molar-refractivity contribution in [3.05, 3.63) is 53.6 Å². The first-order chi connectivity index (χ1) is 9.72. The van der Waals surface area contributed by atoms with Gasteiger partial charge in [0.1, 0.15) is 5.75 Å². The van der Waals surface area contributed by atoms with Crippen LogP contribution in [-0.4, -0.2) is 11.0 Å². The van der Waals surface area contributed by atoms with E-state index in [1.807, 2.05) is 6.92 Å². The Morgan fingerprint density at radius 1 is 1.30 bits per heavy atom. The summed E-state index contributed by atoms with van der Waals surface area (Å²) in [6, 6.07) is 7.23. The fourth-order valence-corrected chi connectivity index (χ4v) is 2.00. The summed E-state index contributed by atoms with van der Waals surface area (Å²) < 4.78 is 19.5. The number of hydrogen-bond donors (Lipinski definition) is 1. The molecule has 3 rings (SSSR count).